The number of nitrogens with zero attached hydrogens (tertiary/aromatic N) is 1. The van der Waals surface area contributed by atoms with Crippen LogP contribution in [0.15, 0.2) is 18.2 Å². The third-order valence-electron chi connectivity index (χ3n) is 6.38. The molecule has 4 rings (SSSR count). The Kier molecular flexibility index (Phi) is 4.15. The van der Waals surface area contributed by atoms with E-state index in [1.54, 1.807) is 14.2 Å². The molecule has 24 heavy (non-hydrogen) atoms. The summed E-state index contributed by atoms with van der Waals surface area (Å²) in [7, 11) is 3.31. The van der Waals surface area contributed by atoms with Crippen LogP contribution in [-0.4, -0.2) is 31.6 Å². The van der Waals surface area contributed by atoms with Crippen molar-refractivity contribution in [2.45, 2.75) is 44.6 Å². The van der Waals surface area contributed by atoms with E-state index in [2.05, 4.69) is 11.0 Å². The number of carbonyl (C=O) groups excluding carboxylic acids is 1. The molecule has 0 N–H and O–H groups in total. The van der Waals surface area contributed by atoms with Gasteiger partial charge in [-0.1, -0.05) is 12.5 Å². The Hall–Kier alpha value is -1.71. The summed E-state index contributed by atoms with van der Waals surface area (Å²) >= 11 is 0. The van der Waals surface area contributed by atoms with Crippen LogP contribution in [0, 0.1) is 17.8 Å². The predicted molar refractivity (Wildman–Crippen MR) is 92.2 cm³/mol. The minimum absolute atomic E-state index is 0.191. The average molecular weight is 329 g/mol. The Morgan fingerprint density at radius 2 is 1.92 bits per heavy atom. The van der Waals surface area contributed by atoms with Crippen LogP contribution in [0.5, 0.6) is 11.5 Å². The van der Waals surface area contributed by atoms with Gasteiger partial charge in [0.2, 0.25) is 5.91 Å². The molecule has 1 saturated heterocycles. The van der Waals surface area contributed by atoms with Crippen molar-refractivity contribution in [1.82, 2.24) is 4.90 Å². The largest absolute Gasteiger partial charge is 0.493 e. The normalized spacial score (nSPS) is 31.5. The summed E-state index contributed by atoms with van der Waals surface area (Å²) in [6.07, 6.45) is 7.14. The van der Waals surface area contributed by atoms with Crippen LogP contribution in [-0.2, 0) is 4.79 Å². The summed E-state index contributed by atoms with van der Waals surface area (Å²) in [4.78, 5) is 15.3. The molecule has 1 aromatic carbocycles. The lowest BCUT2D eigenvalue weighted by atomic mass is 9.87. The van der Waals surface area contributed by atoms with Crippen LogP contribution in [0.2, 0.25) is 0 Å². The van der Waals surface area contributed by atoms with Crippen molar-refractivity contribution in [3.05, 3.63) is 23.8 Å². The molecule has 0 aromatic heterocycles. The third-order valence-corrected chi connectivity index (χ3v) is 6.38. The highest BCUT2D eigenvalue weighted by Gasteiger charge is 2.46. The van der Waals surface area contributed by atoms with Gasteiger partial charge in [0.1, 0.15) is 0 Å². The second kappa shape index (κ2) is 6.30. The Morgan fingerprint density at radius 3 is 2.58 bits per heavy atom. The van der Waals surface area contributed by atoms with Gasteiger partial charge < -0.3 is 14.4 Å². The lowest BCUT2D eigenvalue weighted by Crippen LogP contribution is -2.37. The van der Waals surface area contributed by atoms with Crippen LogP contribution in [0.1, 0.15) is 50.1 Å². The lowest BCUT2D eigenvalue weighted by Gasteiger charge is -2.31. The summed E-state index contributed by atoms with van der Waals surface area (Å²) in [5, 5.41) is 0. The Morgan fingerprint density at radius 1 is 1.08 bits per heavy atom. The van der Waals surface area contributed by atoms with Crippen LogP contribution in [0.4, 0.5) is 0 Å². The van der Waals surface area contributed by atoms with Crippen molar-refractivity contribution < 1.29 is 14.3 Å². The number of fused-ring (bicyclic) bond motifs is 2. The standard InChI is InChI=1S/C20H27NO3/c1-23-18-8-7-15(12-19(18)24-2)17-4-3-9-21(17)20(22)16-11-13-5-6-14(16)10-13/h7-8,12-14,16-17H,3-6,9-11H2,1-2H3. The molecule has 130 valence electrons. The van der Waals surface area contributed by atoms with Crippen LogP contribution in [0.3, 0.4) is 0 Å². The summed E-state index contributed by atoms with van der Waals surface area (Å²) in [5.41, 5.74) is 1.17. The molecule has 3 aliphatic rings. The molecule has 1 aromatic rings. The molecule has 3 fully saturated rings. The van der Waals surface area contributed by atoms with Gasteiger partial charge in [-0.15, -0.1) is 0 Å². The monoisotopic (exact) mass is 329 g/mol. The average Bonchev–Trinajstić information content (AvgIpc) is 3.36. The summed E-state index contributed by atoms with van der Waals surface area (Å²) in [5.74, 6) is 3.63. The fraction of sp³-hybridized carbons (Fsp3) is 0.650. The number of hydrogen-bond acceptors (Lipinski definition) is 3. The number of likely N-dealkylation sites (tertiary alicyclic amines) is 1. The van der Waals surface area contributed by atoms with E-state index < -0.39 is 0 Å². The molecule has 4 atom stereocenters. The summed E-state index contributed by atoms with van der Waals surface area (Å²) in [6.45, 7) is 0.895. The van der Waals surface area contributed by atoms with Gasteiger partial charge in [0, 0.05) is 12.5 Å². The van der Waals surface area contributed by atoms with E-state index in [1.807, 2.05) is 12.1 Å². The zero-order valence-electron chi connectivity index (χ0n) is 14.7. The summed E-state index contributed by atoms with van der Waals surface area (Å²) in [6, 6.07) is 6.26. The zero-order valence-corrected chi connectivity index (χ0v) is 14.7. The SMILES string of the molecule is COc1ccc(C2CCCN2C(=O)C2CC3CCC2C3)cc1OC. The second-order valence-corrected chi connectivity index (χ2v) is 7.59. The molecule has 1 heterocycles. The van der Waals surface area contributed by atoms with Crippen molar-refractivity contribution in [3.63, 3.8) is 0 Å². The van der Waals surface area contributed by atoms with E-state index in [0.29, 0.717) is 11.8 Å². The lowest BCUT2D eigenvalue weighted by molar-refractivity contribution is -0.138. The van der Waals surface area contributed by atoms with E-state index >= 15 is 0 Å². The van der Waals surface area contributed by atoms with E-state index in [9.17, 15) is 4.79 Å². The molecule has 4 nitrogen and oxygen atoms in total. The smallest absolute Gasteiger partial charge is 0.226 e. The van der Waals surface area contributed by atoms with Crippen molar-refractivity contribution in [2.24, 2.45) is 17.8 Å². The van der Waals surface area contributed by atoms with E-state index in [4.69, 9.17) is 9.47 Å². The Labute approximate surface area is 144 Å². The van der Waals surface area contributed by atoms with E-state index in [1.165, 1.54) is 24.8 Å². The van der Waals surface area contributed by atoms with Crippen LogP contribution >= 0.6 is 0 Å². The van der Waals surface area contributed by atoms with Crippen molar-refractivity contribution >= 4 is 5.91 Å². The first-order chi connectivity index (χ1) is 11.7. The maximum atomic E-state index is 13.2. The molecule has 0 spiro atoms. The molecule has 0 radical (unpaired) electrons. The topological polar surface area (TPSA) is 38.8 Å². The molecule has 4 unspecified atom stereocenters. The second-order valence-electron chi connectivity index (χ2n) is 7.59. The molecule has 2 aliphatic carbocycles. The minimum Gasteiger partial charge on any atom is -0.493 e. The van der Waals surface area contributed by atoms with Gasteiger partial charge in [0.25, 0.3) is 0 Å². The molecule has 2 bridgehead atoms. The van der Waals surface area contributed by atoms with Gasteiger partial charge in [0.15, 0.2) is 11.5 Å². The highest BCUT2D eigenvalue weighted by molar-refractivity contribution is 5.80. The number of rotatable bonds is 4. The first-order valence-corrected chi connectivity index (χ1v) is 9.23. The third kappa shape index (κ3) is 2.56. The maximum Gasteiger partial charge on any atom is 0.226 e. The number of ether oxygens (including phenoxy) is 2. The molecular weight excluding hydrogens is 302 g/mol. The minimum atomic E-state index is 0.191. The number of amides is 1. The van der Waals surface area contributed by atoms with Gasteiger partial charge >= 0.3 is 0 Å². The van der Waals surface area contributed by atoms with Gasteiger partial charge in [-0.05, 0) is 61.6 Å². The molecule has 1 amide bonds. The highest BCUT2D eigenvalue weighted by atomic mass is 16.5. The van der Waals surface area contributed by atoms with Gasteiger partial charge in [0.05, 0.1) is 20.3 Å². The number of benzene rings is 1. The predicted octanol–water partition coefficient (Wildman–Crippen LogP) is 3.80. The molecule has 4 heteroatoms. The number of methoxy groups -OCH3 is 2. The molecule has 1 aliphatic heterocycles. The van der Waals surface area contributed by atoms with Crippen molar-refractivity contribution in [1.29, 1.82) is 0 Å². The quantitative estimate of drug-likeness (QED) is 0.843. The van der Waals surface area contributed by atoms with Gasteiger partial charge in [-0.2, -0.15) is 0 Å². The Bertz CT molecular complexity index is 629. The highest BCUT2D eigenvalue weighted by Crippen LogP contribution is 2.50. The van der Waals surface area contributed by atoms with Crippen molar-refractivity contribution in [2.75, 3.05) is 20.8 Å². The van der Waals surface area contributed by atoms with Crippen LogP contribution in [0.25, 0.3) is 0 Å². The Balaban J connectivity index is 1.55. The molecular formula is C20H27NO3. The van der Waals surface area contributed by atoms with E-state index in [0.717, 1.165) is 43.2 Å². The fourth-order valence-electron chi connectivity index (χ4n) is 5.20. The first-order valence-electron chi connectivity index (χ1n) is 9.23. The van der Waals surface area contributed by atoms with E-state index in [-0.39, 0.29) is 12.0 Å². The molecule has 2 saturated carbocycles. The zero-order chi connectivity index (χ0) is 16.7. The van der Waals surface area contributed by atoms with Crippen molar-refractivity contribution in [3.8, 4) is 11.5 Å². The maximum absolute atomic E-state index is 13.2. The van der Waals surface area contributed by atoms with Gasteiger partial charge in [-0.25, -0.2) is 0 Å². The first kappa shape index (κ1) is 15.8. The number of carbonyl (C=O) groups is 1. The number of hydrogen-bond donors (Lipinski definition) is 0. The fourth-order valence-corrected chi connectivity index (χ4v) is 5.20. The summed E-state index contributed by atoms with van der Waals surface area (Å²) < 4.78 is 10.8. The van der Waals surface area contributed by atoms with Gasteiger partial charge in [-0.3, -0.25) is 4.79 Å². The van der Waals surface area contributed by atoms with Crippen LogP contribution < -0.4 is 9.47 Å².